The Morgan fingerprint density at radius 2 is 2.02 bits per heavy atom. The second-order valence-corrected chi connectivity index (χ2v) is 11.1. The molecule has 3 aromatic rings. The van der Waals surface area contributed by atoms with Crippen LogP contribution in [0.1, 0.15) is 38.5 Å². The molecule has 2 amide bonds. The smallest absolute Gasteiger partial charge is 0.304 e. The second-order valence-electron chi connectivity index (χ2n) is 10.2. The third-order valence-corrected chi connectivity index (χ3v) is 8.42. The zero-order valence-corrected chi connectivity index (χ0v) is 23.0. The van der Waals surface area contributed by atoms with Gasteiger partial charge in [-0.25, -0.2) is 14.4 Å². The molecule has 0 saturated carbocycles. The van der Waals surface area contributed by atoms with Crippen molar-refractivity contribution in [3.8, 4) is 22.4 Å². The number of carbonyl (C=O) groups is 3. The van der Waals surface area contributed by atoms with E-state index >= 15 is 0 Å². The van der Waals surface area contributed by atoms with Crippen molar-refractivity contribution in [2.24, 2.45) is 11.8 Å². The zero-order chi connectivity index (χ0) is 28.2. The number of carboxylic acid groups (broad SMARTS) is 1. The van der Waals surface area contributed by atoms with Crippen LogP contribution in [0.2, 0.25) is 0 Å². The quantitative estimate of drug-likeness (QED) is 0.388. The number of carboxylic acids is 1. The highest BCUT2D eigenvalue weighted by molar-refractivity contribution is 7.14. The molecule has 0 spiro atoms. The Hall–Kier alpha value is -3.70. The highest BCUT2D eigenvalue weighted by Crippen LogP contribution is 2.36. The molecule has 210 valence electrons. The molecule has 40 heavy (non-hydrogen) atoms. The molecule has 4 heterocycles. The molecule has 1 aromatic carbocycles. The Morgan fingerprint density at radius 1 is 1.23 bits per heavy atom. The van der Waals surface area contributed by atoms with Gasteiger partial charge >= 0.3 is 5.97 Å². The average Bonchev–Trinajstić information content (AvgIpc) is 3.62. The minimum absolute atomic E-state index is 0.0507. The molecule has 11 heteroatoms. The van der Waals surface area contributed by atoms with Crippen molar-refractivity contribution in [1.29, 1.82) is 0 Å². The maximum Gasteiger partial charge on any atom is 0.304 e. The summed E-state index contributed by atoms with van der Waals surface area (Å²) in [6.45, 7) is 1.88. The van der Waals surface area contributed by atoms with Crippen molar-refractivity contribution >= 4 is 40.1 Å². The lowest BCUT2D eigenvalue weighted by Crippen LogP contribution is -2.35. The second kappa shape index (κ2) is 12.2. The van der Waals surface area contributed by atoms with Gasteiger partial charge in [-0.15, -0.1) is 11.3 Å². The molecule has 2 saturated heterocycles. The summed E-state index contributed by atoms with van der Waals surface area (Å²) in [7, 11) is 1.60. The van der Waals surface area contributed by atoms with Crippen LogP contribution in [0.15, 0.2) is 41.9 Å². The van der Waals surface area contributed by atoms with Gasteiger partial charge in [0.1, 0.15) is 11.6 Å². The van der Waals surface area contributed by atoms with E-state index in [2.05, 4.69) is 9.97 Å². The highest BCUT2D eigenvalue weighted by atomic mass is 32.1. The van der Waals surface area contributed by atoms with Crippen LogP contribution in [0.25, 0.3) is 22.4 Å². The summed E-state index contributed by atoms with van der Waals surface area (Å²) in [6, 6.07) is 8.05. The van der Waals surface area contributed by atoms with Gasteiger partial charge in [0.15, 0.2) is 5.13 Å². The first-order chi connectivity index (χ1) is 19.3. The van der Waals surface area contributed by atoms with Gasteiger partial charge in [-0.3, -0.25) is 24.2 Å². The average molecular weight is 567 g/mol. The number of halogens is 1. The molecule has 0 bridgehead atoms. The normalized spacial score (nSPS) is 16.8. The van der Waals surface area contributed by atoms with Crippen LogP contribution < -0.4 is 9.80 Å². The van der Waals surface area contributed by atoms with E-state index in [9.17, 15) is 23.9 Å². The Morgan fingerprint density at radius 3 is 2.70 bits per heavy atom. The molecule has 0 radical (unpaired) electrons. The Kier molecular flexibility index (Phi) is 8.51. The van der Waals surface area contributed by atoms with E-state index in [1.54, 1.807) is 35.7 Å². The maximum atomic E-state index is 14.4. The first-order valence-electron chi connectivity index (χ1n) is 13.4. The molecule has 1 atom stereocenters. The monoisotopic (exact) mass is 566 g/mol. The van der Waals surface area contributed by atoms with E-state index in [-0.39, 0.29) is 24.2 Å². The molecule has 1 N–H and O–H groups in total. The Balaban J connectivity index is 1.38. The lowest BCUT2D eigenvalue weighted by Gasteiger charge is -2.27. The topological polar surface area (TPSA) is 113 Å². The number of amides is 2. The summed E-state index contributed by atoms with van der Waals surface area (Å²) in [5, 5.41) is 11.6. The number of rotatable bonds is 9. The summed E-state index contributed by atoms with van der Waals surface area (Å²) in [4.78, 5) is 49.2. The van der Waals surface area contributed by atoms with Crippen molar-refractivity contribution in [3.63, 3.8) is 0 Å². The fraction of sp³-hybridized carbons (Fsp3) is 0.414. The first kappa shape index (κ1) is 27.9. The summed E-state index contributed by atoms with van der Waals surface area (Å²) >= 11 is 1.24. The SMILES string of the molecule is CN(C(=O)C(CC(=O)O)CC1CCOCC1)c1nc(-c2cc(F)ccc2-c2ccc(N3CCCC3=O)nc2)cs1. The van der Waals surface area contributed by atoms with Crippen LogP contribution in [0, 0.1) is 17.7 Å². The lowest BCUT2D eigenvalue weighted by atomic mass is 9.86. The molecule has 0 aliphatic carbocycles. The summed E-state index contributed by atoms with van der Waals surface area (Å²) < 4.78 is 19.8. The third kappa shape index (κ3) is 6.20. The molecular weight excluding hydrogens is 535 g/mol. The number of hydrogen-bond donors (Lipinski definition) is 1. The van der Waals surface area contributed by atoms with Crippen molar-refractivity contribution in [1.82, 2.24) is 9.97 Å². The number of nitrogens with zero attached hydrogens (tertiary/aromatic N) is 4. The fourth-order valence-electron chi connectivity index (χ4n) is 5.35. The number of pyridine rings is 1. The van der Waals surface area contributed by atoms with Crippen molar-refractivity contribution in [2.45, 2.75) is 38.5 Å². The number of thiazole rings is 1. The maximum absolute atomic E-state index is 14.4. The Bertz CT molecular complexity index is 1390. The fourth-order valence-corrected chi connectivity index (χ4v) is 6.15. The number of aliphatic carboxylic acids is 1. The molecule has 5 rings (SSSR count). The van der Waals surface area contributed by atoms with Crippen LogP contribution in [0.3, 0.4) is 0 Å². The molecule has 2 fully saturated rings. The minimum Gasteiger partial charge on any atom is -0.481 e. The van der Waals surface area contributed by atoms with E-state index in [0.717, 1.165) is 24.8 Å². The van der Waals surface area contributed by atoms with Crippen molar-refractivity contribution in [3.05, 3.63) is 47.7 Å². The minimum atomic E-state index is -1.02. The summed E-state index contributed by atoms with van der Waals surface area (Å²) in [5.41, 5.74) is 2.48. The van der Waals surface area contributed by atoms with E-state index in [4.69, 9.17) is 4.74 Å². The number of carbonyl (C=O) groups excluding carboxylic acids is 2. The van der Waals surface area contributed by atoms with Gasteiger partial charge in [0.2, 0.25) is 11.8 Å². The van der Waals surface area contributed by atoms with E-state index < -0.39 is 17.7 Å². The van der Waals surface area contributed by atoms with Crippen LogP contribution in [-0.4, -0.2) is 59.7 Å². The summed E-state index contributed by atoms with van der Waals surface area (Å²) in [6.07, 6.45) is 4.83. The van der Waals surface area contributed by atoms with Crippen molar-refractivity contribution < 1.29 is 28.6 Å². The predicted molar refractivity (Wildman–Crippen MR) is 150 cm³/mol. The van der Waals surface area contributed by atoms with Gasteiger partial charge in [-0.1, -0.05) is 6.07 Å². The Labute approximate surface area is 235 Å². The highest BCUT2D eigenvalue weighted by Gasteiger charge is 2.30. The molecule has 2 aliphatic rings. The van der Waals surface area contributed by atoms with E-state index in [1.165, 1.54) is 28.4 Å². The number of ether oxygens (including phenoxy) is 1. The molecule has 9 nitrogen and oxygen atoms in total. The molecule has 2 aliphatic heterocycles. The number of benzene rings is 1. The summed E-state index contributed by atoms with van der Waals surface area (Å²) in [5.74, 6) is -1.54. The van der Waals surface area contributed by atoms with Crippen LogP contribution >= 0.6 is 11.3 Å². The van der Waals surface area contributed by atoms with E-state index in [0.29, 0.717) is 60.4 Å². The van der Waals surface area contributed by atoms with Gasteiger partial charge in [0, 0.05) is 61.8 Å². The zero-order valence-electron chi connectivity index (χ0n) is 22.2. The van der Waals surface area contributed by atoms with Gasteiger partial charge in [-0.05, 0) is 61.4 Å². The van der Waals surface area contributed by atoms with E-state index in [1.807, 2.05) is 6.07 Å². The molecule has 2 aromatic heterocycles. The first-order valence-corrected chi connectivity index (χ1v) is 14.3. The molecular formula is C29H31FN4O5S. The lowest BCUT2D eigenvalue weighted by molar-refractivity contribution is -0.141. The predicted octanol–water partition coefficient (Wildman–Crippen LogP) is 5.01. The number of anilines is 2. The molecule has 1 unspecified atom stereocenters. The van der Waals surface area contributed by atoms with Gasteiger partial charge in [0.05, 0.1) is 12.1 Å². The van der Waals surface area contributed by atoms with Gasteiger partial charge in [-0.2, -0.15) is 0 Å². The van der Waals surface area contributed by atoms with Gasteiger partial charge < -0.3 is 9.84 Å². The number of aromatic nitrogens is 2. The van der Waals surface area contributed by atoms with Crippen molar-refractivity contribution in [2.75, 3.05) is 36.6 Å². The standard InChI is InChI=1S/C29H31FN4O5S/c1-33(28(38)20(14-27(36)37)13-18-8-11-39-12-9-18)29-32-24(17-40-29)23-15-21(30)5-6-22(23)19-4-7-25(31-16-19)34-10-2-3-26(34)35/h4-7,15-18,20H,2-3,8-14H2,1H3,(H,36,37). The largest absolute Gasteiger partial charge is 0.481 e. The van der Waals surface area contributed by atoms with Crippen LogP contribution in [0.4, 0.5) is 15.3 Å². The van der Waals surface area contributed by atoms with Gasteiger partial charge in [0.25, 0.3) is 0 Å². The number of hydrogen-bond acceptors (Lipinski definition) is 7. The van der Waals surface area contributed by atoms with Crippen LogP contribution in [-0.2, 0) is 19.1 Å². The van der Waals surface area contributed by atoms with Crippen LogP contribution in [0.5, 0.6) is 0 Å². The third-order valence-electron chi connectivity index (χ3n) is 7.50.